The van der Waals surface area contributed by atoms with Gasteiger partial charge < -0.3 is 9.64 Å². The molecule has 0 spiro atoms. The van der Waals surface area contributed by atoms with E-state index in [-0.39, 0.29) is 23.7 Å². The van der Waals surface area contributed by atoms with Crippen LogP contribution in [0.4, 0.5) is 8.78 Å². The van der Waals surface area contributed by atoms with Crippen molar-refractivity contribution in [3.8, 4) is 5.75 Å². The lowest BCUT2D eigenvalue weighted by Crippen LogP contribution is -2.41. The number of ether oxygens (including phenoxy) is 1. The summed E-state index contributed by atoms with van der Waals surface area (Å²) in [7, 11) is 1.68. The fraction of sp³-hybridized carbons (Fsp3) is 0.519. The highest BCUT2D eigenvalue weighted by molar-refractivity contribution is 5.78. The smallest absolute Gasteiger partial charge is 0.225 e. The van der Waals surface area contributed by atoms with E-state index >= 15 is 0 Å². The average Bonchev–Trinajstić information content (AvgIpc) is 3.16. The zero-order valence-electron chi connectivity index (χ0n) is 20.4. The Kier molecular flexibility index (Phi) is 8.46. The van der Waals surface area contributed by atoms with Crippen molar-refractivity contribution in [2.24, 2.45) is 17.8 Å². The number of halogens is 2. The van der Waals surface area contributed by atoms with Crippen LogP contribution in [0.2, 0.25) is 0 Å². The van der Waals surface area contributed by atoms with Gasteiger partial charge in [0.1, 0.15) is 5.75 Å². The molecule has 1 saturated heterocycles. The predicted molar refractivity (Wildman–Crippen MR) is 127 cm³/mol. The number of hydrogen-bond donors (Lipinski definition) is 0. The molecule has 1 heterocycles. The van der Waals surface area contributed by atoms with Crippen molar-refractivity contribution in [2.75, 3.05) is 33.3 Å². The number of methoxy groups -OCH3 is 1. The van der Waals surface area contributed by atoms with Crippen LogP contribution in [0.1, 0.15) is 44.7 Å². The van der Waals surface area contributed by atoms with Crippen LogP contribution in [0, 0.1) is 29.4 Å². The molecule has 0 aliphatic carbocycles. The third-order valence-corrected chi connectivity index (χ3v) is 6.29. The van der Waals surface area contributed by atoms with Crippen molar-refractivity contribution in [1.82, 2.24) is 9.80 Å². The maximum atomic E-state index is 13.8. The van der Waals surface area contributed by atoms with Crippen LogP contribution in [0.15, 0.2) is 42.5 Å². The summed E-state index contributed by atoms with van der Waals surface area (Å²) < 4.78 is 32.8. The number of carbonyl (C=O) groups excluding carboxylic acids is 1. The van der Waals surface area contributed by atoms with Crippen LogP contribution in [-0.2, 0) is 11.3 Å². The maximum absolute atomic E-state index is 13.8. The highest BCUT2D eigenvalue weighted by Crippen LogP contribution is 2.38. The average molecular weight is 459 g/mol. The van der Waals surface area contributed by atoms with Gasteiger partial charge in [0.2, 0.25) is 5.91 Å². The number of carbonyl (C=O) groups is 1. The molecular weight excluding hydrogens is 422 g/mol. The van der Waals surface area contributed by atoms with E-state index < -0.39 is 11.6 Å². The minimum Gasteiger partial charge on any atom is -0.496 e. The minimum atomic E-state index is -0.832. The van der Waals surface area contributed by atoms with Crippen molar-refractivity contribution < 1.29 is 18.3 Å². The first kappa shape index (κ1) is 25.2. The van der Waals surface area contributed by atoms with E-state index in [1.165, 1.54) is 12.1 Å². The van der Waals surface area contributed by atoms with Crippen LogP contribution in [0.5, 0.6) is 5.75 Å². The third kappa shape index (κ3) is 6.32. The summed E-state index contributed by atoms with van der Waals surface area (Å²) in [6, 6.07) is 12.1. The number of hydrogen-bond acceptors (Lipinski definition) is 3. The summed E-state index contributed by atoms with van der Waals surface area (Å²) in [6.07, 6.45) is 0. The molecule has 0 aromatic heterocycles. The van der Waals surface area contributed by atoms with Gasteiger partial charge in [0.05, 0.1) is 7.11 Å². The van der Waals surface area contributed by atoms with Gasteiger partial charge in [-0.3, -0.25) is 9.69 Å². The van der Waals surface area contributed by atoms with E-state index in [0.717, 1.165) is 36.5 Å². The molecule has 1 aliphatic rings. The molecule has 0 bridgehead atoms. The molecule has 2 aromatic carbocycles. The summed E-state index contributed by atoms with van der Waals surface area (Å²) in [5, 5.41) is 0. The highest BCUT2D eigenvalue weighted by atomic mass is 19.2. The first-order chi connectivity index (χ1) is 15.7. The quantitative estimate of drug-likeness (QED) is 0.509. The minimum absolute atomic E-state index is 0.0619. The van der Waals surface area contributed by atoms with Gasteiger partial charge in [0.15, 0.2) is 11.6 Å². The first-order valence-electron chi connectivity index (χ1n) is 11.8. The van der Waals surface area contributed by atoms with Crippen molar-refractivity contribution >= 4 is 5.91 Å². The molecule has 1 amide bonds. The van der Waals surface area contributed by atoms with Crippen molar-refractivity contribution in [3.05, 3.63) is 65.2 Å². The molecule has 0 radical (unpaired) electrons. The second-order valence-corrected chi connectivity index (χ2v) is 9.84. The van der Waals surface area contributed by atoms with E-state index in [0.29, 0.717) is 19.0 Å². The summed E-state index contributed by atoms with van der Waals surface area (Å²) in [5.74, 6) is 0.0327. The molecule has 6 heteroatoms. The lowest BCUT2D eigenvalue weighted by atomic mass is 9.87. The molecule has 2 aromatic rings. The normalized spacial score (nSPS) is 18.8. The molecular formula is C27H36F2N2O2. The van der Waals surface area contributed by atoms with E-state index in [1.54, 1.807) is 13.2 Å². The van der Waals surface area contributed by atoms with Crippen LogP contribution in [-0.4, -0.2) is 49.0 Å². The molecule has 4 nitrogen and oxygen atoms in total. The number of nitrogens with zero attached hydrogens (tertiary/aromatic N) is 2. The van der Waals surface area contributed by atoms with Gasteiger partial charge in [0.25, 0.3) is 0 Å². The summed E-state index contributed by atoms with van der Waals surface area (Å²) in [5.41, 5.74) is 1.87. The Bertz CT molecular complexity index is 947. The Labute approximate surface area is 196 Å². The summed E-state index contributed by atoms with van der Waals surface area (Å²) in [4.78, 5) is 17.3. The van der Waals surface area contributed by atoms with E-state index in [2.05, 4.69) is 24.8 Å². The van der Waals surface area contributed by atoms with Gasteiger partial charge in [-0.1, -0.05) is 52.0 Å². The van der Waals surface area contributed by atoms with Gasteiger partial charge in [-0.05, 0) is 41.2 Å². The van der Waals surface area contributed by atoms with E-state index in [4.69, 9.17) is 4.74 Å². The van der Waals surface area contributed by atoms with Crippen molar-refractivity contribution in [2.45, 2.75) is 40.2 Å². The van der Waals surface area contributed by atoms with Crippen LogP contribution in [0.25, 0.3) is 0 Å². The maximum Gasteiger partial charge on any atom is 0.225 e. The lowest BCUT2D eigenvalue weighted by Gasteiger charge is -2.31. The van der Waals surface area contributed by atoms with Gasteiger partial charge in [0, 0.05) is 44.6 Å². The summed E-state index contributed by atoms with van der Waals surface area (Å²) in [6.45, 7) is 11.6. The van der Waals surface area contributed by atoms with Crippen LogP contribution in [0.3, 0.4) is 0 Å². The Balaban J connectivity index is 1.88. The number of rotatable bonds is 9. The number of likely N-dealkylation sites (tertiary alicyclic amines) is 1. The second-order valence-electron chi connectivity index (χ2n) is 9.84. The Morgan fingerprint density at radius 2 is 1.82 bits per heavy atom. The molecule has 1 fully saturated rings. The topological polar surface area (TPSA) is 32.8 Å². The monoisotopic (exact) mass is 458 g/mol. The summed E-state index contributed by atoms with van der Waals surface area (Å²) >= 11 is 0. The fourth-order valence-corrected chi connectivity index (χ4v) is 4.84. The second kappa shape index (κ2) is 11.1. The Morgan fingerprint density at radius 1 is 1.09 bits per heavy atom. The van der Waals surface area contributed by atoms with Crippen molar-refractivity contribution in [3.63, 3.8) is 0 Å². The number of benzene rings is 2. The van der Waals surface area contributed by atoms with Crippen LogP contribution >= 0.6 is 0 Å². The Hall–Kier alpha value is -2.47. The fourth-order valence-electron chi connectivity index (χ4n) is 4.84. The zero-order valence-corrected chi connectivity index (χ0v) is 20.4. The molecule has 2 atom stereocenters. The first-order valence-corrected chi connectivity index (χ1v) is 11.8. The molecule has 0 unspecified atom stereocenters. The van der Waals surface area contributed by atoms with Gasteiger partial charge in [-0.15, -0.1) is 0 Å². The van der Waals surface area contributed by atoms with E-state index in [9.17, 15) is 13.6 Å². The zero-order chi connectivity index (χ0) is 24.1. The third-order valence-electron chi connectivity index (χ3n) is 6.29. The molecule has 1 aliphatic heterocycles. The molecule has 3 rings (SSSR count). The van der Waals surface area contributed by atoms with Crippen molar-refractivity contribution in [1.29, 1.82) is 0 Å². The number of para-hydroxylation sites is 1. The SMILES string of the molecule is COc1ccccc1[C@@H]1CN(Cc2ccc(F)c(F)c2)C[C@H]1CN(CC(C)C)C(=O)C(C)C. The van der Waals surface area contributed by atoms with Crippen LogP contribution < -0.4 is 4.74 Å². The van der Waals surface area contributed by atoms with Gasteiger partial charge in [-0.25, -0.2) is 8.78 Å². The molecule has 0 N–H and O–H groups in total. The highest BCUT2D eigenvalue weighted by Gasteiger charge is 2.37. The lowest BCUT2D eigenvalue weighted by molar-refractivity contribution is -0.135. The molecule has 0 saturated carbocycles. The molecule has 180 valence electrons. The predicted octanol–water partition coefficient (Wildman–Crippen LogP) is 5.33. The van der Waals surface area contributed by atoms with Gasteiger partial charge in [-0.2, -0.15) is 0 Å². The Morgan fingerprint density at radius 3 is 2.45 bits per heavy atom. The van der Waals surface area contributed by atoms with Gasteiger partial charge >= 0.3 is 0 Å². The van der Waals surface area contributed by atoms with E-state index in [1.807, 2.05) is 36.9 Å². The standard InChI is InChI=1S/C27H36F2N2O2/c1-18(2)13-31(27(32)19(3)4)16-21-15-30(14-20-10-11-24(28)25(29)12-20)17-23(21)22-8-6-7-9-26(22)33-5/h6-12,18-19,21,23H,13-17H2,1-5H3/t21-,23+/m0/s1. The largest absolute Gasteiger partial charge is 0.496 e. The number of amides is 1. The molecule has 33 heavy (non-hydrogen) atoms.